The molecule has 0 spiro atoms. The van der Waals surface area contributed by atoms with Gasteiger partial charge in [0.25, 0.3) is 0 Å². The molecular weight excluding hydrogens is 316 g/mol. The van der Waals surface area contributed by atoms with Crippen LogP contribution in [0.3, 0.4) is 0 Å². The van der Waals surface area contributed by atoms with Gasteiger partial charge in [0.2, 0.25) is 0 Å². The van der Waals surface area contributed by atoms with Gasteiger partial charge in [-0.05, 0) is 29.8 Å². The molecule has 2 aromatic carbocycles. The maximum Gasteiger partial charge on any atom is 0.335 e. The normalized spacial score (nSPS) is 10.6. The third-order valence-corrected chi connectivity index (χ3v) is 4.54. The van der Waals surface area contributed by atoms with Crippen LogP contribution in [0.1, 0.15) is 30.4 Å². The second kappa shape index (κ2) is 5.66. The summed E-state index contributed by atoms with van der Waals surface area (Å²) in [7, 11) is 0. The van der Waals surface area contributed by atoms with Gasteiger partial charge in [-0.15, -0.1) is 11.3 Å². The molecule has 1 aromatic heterocycles. The summed E-state index contributed by atoms with van der Waals surface area (Å²) in [4.78, 5) is 34.3. The summed E-state index contributed by atoms with van der Waals surface area (Å²) in [6, 6.07) is 11.2. The standard InChI is InChI=1S/C17H10O5S/c18-8-14-15(12-3-1-2-4-13(12)23-14)9-5-10(16(19)20)7-11(6-9)17(21)22/h1-8H,(H,19,20)(H,21,22). The Balaban J connectivity index is 2.36. The average Bonchev–Trinajstić information content (AvgIpc) is 2.92. The van der Waals surface area contributed by atoms with E-state index in [1.54, 1.807) is 0 Å². The van der Waals surface area contributed by atoms with E-state index in [4.69, 9.17) is 0 Å². The van der Waals surface area contributed by atoms with Crippen LogP contribution < -0.4 is 0 Å². The zero-order valence-electron chi connectivity index (χ0n) is 11.6. The van der Waals surface area contributed by atoms with Gasteiger partial charge in [0.05, 0.1) is 16.0 Å². The second-order valence-corrected chi connectivity index (χ2v) is 5.95. The maximum absolute atomic E-state index is 11.4. The molecule has 0 saturated heterocycles. The third kappa shape index (κ3) is 2.60. The molecule has 3 aromatic rings. The SMILES string of the molecule is O=Cc1sc2ccccc2c1-c1cc(C(=O)O)cc(C(=O)O)c1. The van der Waals surface area contributed by atoms with Gasteiger partial charge in [-0.3, -0.25) is 4.79 Å². The van der Waals surface area contributed by atoms with Crippen molar-refractivity contribution >= 4 is 39.6 Å². The number of hydrogen-bond donors (Lipinski definition) is 2. The first-order valence-electron chi connectivity index (χ1n) is 6.60. The number of rotatable bonds is 4. The summed E-state index contributed by atoms with van der Waals surface area (Å²) in [6.45, 7) is 0. The minimum absolute atomic E-state index is 0.132. The van der Waals surface area contributed by atoms with Crippen molar-refractivity contribution in [3.05, 3.63) is 58.5 Å². The van der Waals surface area contributed by atoms with E-state index in [1.807, 2.05) is 24.3 Å². The van der Waals surface area contributed by atoms with Gasteiger partial charge < -0.3 is 10.2 Å². The molecule has 0 aliphatic rings. The molecule has 2 N–H and O–H groups in total. The van der Waals surface area contributed by atoms with E-state index >= 15 is 0 Å². The molecule has 0 bridgehead atoms. The van der Waals surface area contributed by atoms with Crippen LogP contribution in [-0.4, -0.2) is 28.4 Å². The summed E-state index contributed by atoms with van der Waals surface area (Å²) in [5.41, 5.74) is 0.701. The van der Waals surface area contributed by atoms with E-state index in [9.17, 15) is 24.6 Å². The van der Waals surface area contributed by atoms with Crippen molar-refractivity contribution in [3.8, 4) is 11.1 Å². The molecule has 0 saturated carbocycles. The van der Waals surface area contributed by atoms with Gasteiger partial charge in [0, 0.05) is 15.6 Å². The van der Waals surface area contributed by atoms with Crippen LogP contribution in [0.4, 0.5) is 0 Å². The van der Waals surface area contributed by atoms with Crippen LogP contribution in [0.2, 0.25) is 0 Å². The highest BCUT2D eigenvalue weighted by atomic mass is 32.1. The average molecular weight is 326 g/mol. The molecule has 23 heavy (non-hydrogen) atoms. The number of hydrogen-bond acceptors (Lipinski definition) is 4. The van der Waals surface area contributed by atoms with E-state index in [1.165, 1.54) is 23.5 Å². The van der Waals surface area contributed by atoms with Crippen LogP contribution in [0, 0.1) is 0 Å². The van der Waals surface area contributed by atoms with Gasteiger partial charge in [0.15, 0.2) is 6.29 Å². The molecule has 0 atom stereocenters. The number of aromatic carboxylic acids is 2. The predicted molar refractivity (Wildman–Crippen MR) is 86.6 cm³/mol. The highest BCUT2D eigenvalue weighted by molar-refractivity contribution is 7.21. The molecule has 0 unspecified atom stereocenters. The minimum atomic E-state index is -1.22. The van der Waals surface area contributed by atoms with Crippen molar-refractivity contribution in [1.82, 2.24) is 0 Å². The number of aldehydes is 1. The van der Waals surface area contributed by atoms with Gasteiger partial charge >= 0.3 is 11.9 Å². The van der Waals surface area contributed by atoms with Crippen LogP contribution in [0.15, 0.2) is 42.5 Å². The van der Waals surface area contributed by atoms with Crippen LogP contribution in [0.5, 0.6) is 0 Å². The molecule has 0 fully saturated rings. The number of carbonyl (C=O) groups is 3. The number of carboxylic acid groups (broad SMARTS) is 2. The first-order chi connectivity index (χ1) is 11.0. The fourth-order valence-electron chi connectivity index (χ4n) is 2.46. The van der Waals surface area contributed by atoms with Gasteiger partial charge in [-0.2, -0.15) is 0 Å². The molecule has 1 heterocycles. The third-order valence-electron chi connectivity index (χ3n) is 3.45. The Bertz CT molecular complexity index is 923. The lowest BCUT2D eigenvalue weighted by Crippen LogP contribution is -2.03. The van der Waals surface area contributed by atoms with Crippen molar-refractivity contribution in [2.45, 2.75) is 0 Å². The molecular formula is C17H10O5S. The monoisotopic (exact) mass is 326 g/mol. The van der Waals surface area contributed by atoms with E-state index in [0.29, 0.717) is 22.3 Å². The Kier molecular flexibility index (Phi) is 3.67. The Morgan fingerprint density at radius 2 is 1.57 bits per heavy atom. The number of carbonyl (C=O) groups excluding carboxylic acids is 1. The lowest BCUT2D eigenvalue weighted by atomic mass is 9.97. The number of thiophene rings is 1. The molecule has 114 valence electrons. The van der Waals surface area contributed by atoms with Crippen molar-refractivity contribution in [2.24, 2.45) is 0 Å². The largest absolute Gasteiger partial charge is 0.478 e. The van der Waals surface area contributed by atoms with E-state index in [-0.39, 0.29) is 11.1 Å². The van der Waals surface area contributed by atoms with Crippen molar-refractivity contribution in [2.75, 3.05) is 0 Å². The molecule has 3 rings (SSSR count). The maximum atomic E-state index is 11.4. The topological polar surface area (TPSA) is 91.7 Å². The Morgan fingerprint density at radius 1 is 0.957 bits per heavy atom. The van der Waals surface area contributed by atoms with E-state index in [0.717, 1.165) is 16.2 Å². The first-order valence-corrected chi connectivity index (χ1v) is 7.41. The molecule has 0 radical (unpaired) electrons. The Hall–Kier alpha value is -2.99. The number of benzene rings is 2. The highest BCUT2D eigenvalue weighted by Gasteiger charge is 2.18. The highest BCUT2D eigenvalue weighted by Crippen LogP contribution is 2.38. The number of fused-ring (bicyclic) bond motifs is 1. The zero-order chi connectivity index (χ0) is 16.6. The fraction of sp³-hybridized carbons (Fsp3) is 0. The summed E-state index contributed by atoms with van der Waals surface area (Å²) < 4.78 is 0.877. The van der Waals surface area contributed by atoms with Crippen LogP contribution in [-0.2, 0) is 0 Å². The summed E-state index contributed by atoms with van der Waals surface area (Å²) >= 11 is 1.28. The van der Waals surface area contributed by atoms with Crippen molar-refractivity contribution in [1.29, 1.82) is 0 Å². The summed E-state index contributed by atoms with van der Waals surface area (Å²) in [6.07, 6.45) is 0.702. The lowest BCUT2D eigenvalue weighted by molar-refractivity contribution is 0.0696. The molecule has 0 amide bonds. The Labute approximate surface area is 134 Å². The van der Waals surface area contributed by atoms with Gasteiger partial charge in [0.1, 0.15) is 0 Å². The quantitative estimate of drug-likeness (QED) is 0.712. The Morgan fingerprint density at radius 3 is 2.13 bits per heavy atom. The van der Waals surface area contributed by atoms with Crippen molar-refractivity contribution < 1.29 is 24.6 Å². The molecule has 6 heteroatoms. The minimum Gasteiger partial charge on any atom is -0.478 e. The molecule has 0 aliphatic heterocycles. The fourth-order valence-corrected chi connectivity index (χ4v) is 3.51. The molecule has 5 nitrogen and oxygen atoms in total. The van der Waals surface area contributed by atoms with Crippen LogP contribution >= 0.6 is 11.3 Å². The first kappa shape index (κ1) is 14.9. The lowest BCUT2D eigenvalue weighted by Gasteiger charge is -2.06. The van der Waals surface area contributed by atoms with Gasteiger partial charge in [-0.1, -0.05) is 18.2 Å². The smallest absolute Gasteiger partial charge is 0.335 e. The summed E-state index contributed by atoms with van der Waals surface area (Å²) in [5.74, 6) is -2.44. The van der Waals surface area contributed by atoms with Gasteiger partial charge in [-0.25, -0.2) is 9.59 Å². The number of carboxylic acids is 2. The van der Waals surface area contributed by atoms with Crippen LogP contribution in [0.25, 0.3) is 21.2 Å². The predicted octanol–water partition coefficient (Wildman–Crippen LogP) is 3.78. The van der Waals surface area contributed by atoms with Crippen molar-refractivity contribution in [3.63, 3.8) is 0 Å². The second-order valence-electron chi connectivity index (χ2n) is 4.86. The zero-order valence-corrected chi connectivity index (χ0v) is 12.5. The van der Waals surface area contributed by atoms with E-state index < -0.39 is 11.9 Å². The molecule has 0 aliphatic carbocycles. The van der Waals surface area contributed by atoms with E-state index in [2.05, 4.69) is 0 Å². The summed E-state index contributed by atoms with van der Waals surface area (Å²) in [5, 5.41) is 19.2.